The van der Waals surface area contributed by atoms with Crippen LogP contribution >= 0.6 is 39.9 Å². The average molecular weight is 390 g/mol. The van der Waals surface area contributed by atoms with Gasteiger partial charge in [0, 0.05) is 30.1 Å². The highest BCUT2D eigenvalue weighted by Gasteiger charge is 2.30. The molecule has 0 bridgehead atoms. The predicted molar refractivity (Wildman–Crippen MR) is 82.6 cm³/mol. The van der Waals surface area contributed by atoms with E-state index in [4.69, 9.17) is 11.6 Å². The van der Waals surface area contributed by atoms with Crippen molar-refractivity contribution in [3.05, 3.63) is 27.7 Å². The Morgan fingerprint density at radius 3 is 2.79 bits per heavy atom. The first-order valence-electron chi connectivity index (χ1n) is 5.60. The number of nitrogens with zero attached hydrogens (tertiary/aromatic N) is 1. The molecule has 1 aromatic rings. The van der Waals surface area contributed by atoms with Crippen LogP contribution in [0.1, 0.15) is 6.92 Å². The molecule has 1 aliphatic heterocycles. The molecule has 0 saturated carbocycles. The van der Waals surface area contributed by atoms with E-state index in [9.17, 15) is 8.42 Å². The Balaban J connectivity index is 0.00000180. The molecule has 1 saturated heterocycles. The Bertz CT molecular complexity index is 554. The van der Waals surface area contributed by atoms with Gasteiger partial charge in [0.2, 0.25) is 10.0 Å². The molecule has 108 valence electrons. The van der Waals surface area contributed by atoms with Crippen LogP contribution in [0.15, 0.2) is 27.6 Å². The first-order valence-corrected chi connectivity index (χ1v) is 8.21. The predicted octanol–water partition coefficient (Wildman–Crippen LogP) is 2.51. The van der Waals surface area contributed by atoms with Gasteiger partial charge >= 0.3 is 0 Å². The summed E-state index contributed by atoms with van der Waals surface area (Å²) in [6, 6.07) is 5.09. The number of sulfonamides is 1. The monoisotopic (exact) mass is 388 g/mol. The van der Waals surface area contributed by atoms with Crippen molar-refractivity contribution in [3.63, 3.8) is 0 Å². The van der Waals surface area contributed by atoms with E-state index in [1.165, 1.54) is 10.4 Å². The van der Waals surface area contributed by atoms with Crippen LogP contribution in [0.5, 0.6) is 0 Å². The molecule has 19 heavy (non-hydrogen) atoms. The van der Waals surface area contributed by atoms with Crippen LogP contribution < -0.4 is 5.32 Å². The van der Waals surface area contributed by atoms with Gasteiger partial charge in [0.25, 0.3) is 0 Å². The van der Waals surface area contributed by atoms with E-state index in [1.54, 1.807) is 12.1 Å². The zero-order valence-electron chi connectivity index (χ0n) is 10.3. The largest absolute Gasteiger partial charge is 0.312 e. The van der Waals surface area contributed by atoms with Crippen molar-refractivity contribution in [2.75, 3.05) is 19.6 Å². The summed E-state index contributed by atoms with van der Waals surface area (Å²) in [5.74, 6) is 0. The molecule has 4 nitrogen and oxygen atoms in total. The molecule has 1 N–H and O–H groups in total. The minimum absolute atomic E-state index is 0. The number of rotatable bonds is 2. The molecule has 1 aliphatic rings. The van der Waals surface area contributed by atoms with Gasteiger partial charge in [0.1, 0.15) is 4.90 Å². The molecule has 0 amide bonds. The Hall–Kier alpha value is 0.150. The van der Waals surface area contributed by atoms with Gasteiger partial charge in [-0.25, -0.2) is 8.42 Å². The maximum absolute atomic E-state index is 12.5. The lowest BCUT2D eigenvalue weighted by molar-refractivity contribution is 0.310. The molecule has 2 rings (SSSR count). The molecule has 1 aromatic carbocycles. The van der Waals surface area contributed by atoms with Gasteiger partial charge in [0.05, 0.1) is 5.02 Å². The lowest BCUT2D eigenvalue weighted by Crippen LogP contribution is -2.51. The van der Waals surface area contributed by atoms with E-state index in [1.807, 2.05) is 6.92 Å². The Morgan fingerprint density at radius 1 is 1.47 bits per heavy atom. The summed E-state index contributed by atoms with van der Waals surface area (Å²) in [7, 11) is -3.52. The van der Waals surface area contributed by atoms with Crippen LogP contribution in [0.2, 0.25) is 5.02 Å². The third-order valence-corrected chi connectivity index (χ3v) is 6.18. The summed E-state index contributed by atoms with van der Waals surface area (Å²) >= 11 is 9.31. The second kappa shape index (κ2) is 6.74. The number of hydrogen-bond donors (Lipinski definition) is 1. The van der Waals surface area contributed by atoms with Gasteiger partial charge in [-0.2, -0.15) is 4.31 Å². The van der Waals surface area contributed by atoms with Crippen molar-refractivity contribution in [1.82, 2.24) is 9.62 Å². The van der Waals surface area contributed by atoms with E-state index in [-0.39, 0.29) is 28.4 Å². The van der Waals surface area contributed by atoms with E-state index < -0.39 is 10.0 Å². The number of hydrogen-bond acceptors (Lipinski definition) is 3. The van der Waals surface area contributed by atoms with Gasteiger partial charge in [-0.1, -0.05) is 17.7 Å². The highest BCUT2D eigenvalue weighted by atomic mass is 79.9. The molecule has 0 aromatic heterocycles. The van der Waals surface area contributed by atoms with Crippen molar-refractivity contribution >= 4 is 50.0 Å². The zero-order valence-corrected chi connectivity index (χ0v) is 14.2. The minimum atomic E-state index is -3.52. The standard InChI is InChI=1S/C11H14BrClN2O2S.ClH/c1-8-7-15(6-5-14-8)18(16,17)10-4-2-3-9(12)11(10)13;/h2-4,8,14H,5-7H2,1H3;1H. The molecule has 1 atom stereocenters. The van der Waals surface area contributed by atoms with E-state index in [2.05, 4.69) is 21.2 Å². The highest BCUT2D eigenvalue weighted by molar-refractivity contribution is 9.10. The summed E-state index contributed by atoms with van der Waals surface area (Å²) in [6.07, 6.45) is 0. The first-order chi connectivity index (χ1) is 8.43. The minimum Gasteiger partial charge on any atom is -0.312 e. The lowest BCUT2D eigenvalue weighted by atomic mass is 10.3. The summed E-state index contributed by atoms with van der Waals surface area (Å²) in [5.41, 5.74) is 0. The van der Waals surface area contributed by atoms with Crippen LogP contribution in [0.3, 0.4) is 0 Å². The van der Waals surface area contributed by atoms with Gasteiger partial charge in [-0.3, -0.25) is 0 Å². The Morgan fingerprint density at radius 2 is 2.16 bits per heavy atom. The average Bonchev–Trinajstić information content (AvgIpc) is 2.32. The van der Waals surface area contributed by atoms with Crippen LogP contribution in [-0.2, 0) is 10.0 Å². The molecule has 1 fully saturated rings. The topological polar surface area (TPSA) is 49.4 Å². The van der Waals surface area contributed by atoms with Gasteiger partial charge < -0.3 is 5.32 Å². The fraction of sp³-hybridized carbons (Fsp3) is 0.455. The molecule has 1 heterocycles. The zero-order chi connectivity index (χ0) is 13.3. The molecule has 0 radical (unpaired) electrons. The van der Waals surface area contributed by atoms with Gasteiger partial charge in [-0.15, -0.1) is 12.4 Å². The van der Waals surface area contributed by atoms with Crippen LogP contribution in [-0.4, -0.2) is 38.4 Å². The fourth-order valence-electron chi connectivity index (χ4n) is 1.94. The maximum atomic E-state index is 12.5. The number of benzene rings is 1. The van der Waals surface area contributed by atoms with Crippen molar-refractivity contribution in [2.45, 2.75) is 17.9 Å². The van der Waals surface area contributed by atoms with Crippen LogP contribution in [0, 0.1) is 0 Å². The second-order valence-electron chi connectivity index (χ2n) is 4.27. The van der Waals surface area contributed by atoms with E-state index in [0.29, 0.717) is 24.1 Å². The Kier molecular flexibility index (Phi) is 6.10. The number of piperazine rings is 1. The molecular formula is C11H15BrCl2N2O2S. The fourth-order valence-corrected chi connectivity index (χ4v) is 4.47. The van der Waals surface area contributed by atoms with Crippen molar-refractivity contribution < 1.29 is 8.42 Å². The highest BCUT2D eigenvalue weighted by Crippen LogP contribution is 2.31. The SMILES string of the molecule is CC1CN(S(=O)(=O)c2cccc(Br)c2Cl)CCN1.Cl. The summed E-state index contributed by atoms with van der Waals surface area (Å²) < 4.78 is 27.1. The smallest absolute Gasteiger partial charge is 0.244 e. The summed E-state index contributed by atoms with van der Waals surface area (Å²) in [6.45, 7) is 3.55. The summed E-state index contributed by atoms with van der Waals surface area (Å²) in [5, 5.41) is 3.45. The van der Waals surface area contributed by atoms with Crippen LogP contribution in [0.25, 0.3) is 0 Å². The Labute approximate surface area is 133 Å². The van der Waals surface area contributed by atoms with Crippen LogP contribution in [0.4, 0.5) is 0 Å². The summed E-state index contributed by atoms with van der Waals surface area (Å²) in [4.78, 5) is 0.160. The normalized spacial score (nSPS) is 20.9. The van der Waals surface area contributed by atoms with Gasteiger partial charge in [0.15, 0.2) is 0 Å². The molecule has 0 aliphatic carbocycles. The number of halogens is 3. The third kappa shape index (κ3) is 3.62. The first kappa shape index (κ1) is 17.2. The lowest BCUT2D eigenvalue weighted by Gasteiger charge is -2.31. The van der Waals surface area contributed by atoms with Crippen molar-refractivity contribution in [3.8, 4) is 0 Å². The third-order valence-electron chi connectivity index (χ3n) is 2.87. The molecule has 0 spiro atoms. The molecule has 8 heteroatoms. The molecular weight excluding hydrogens is 375 g/mol. The van der Waals surface area contributed by atoms with Gasteiger partial charge in [-0.05, 0) is 35.0 Å². The number of nitrogens with one attached hydrogen (secondary N) is 1. The van der Waals surface area contributed by atoms with E-state index in [0.717, 1.165) is 0 Å². The van der Waals surface area contributed by atoms with E-state index >= 15 is 0 Å². The second-order valence-corrected chi connectivity index (χ2v) is 7.41. The molecule has 1 unspecified atom stereocenters. The quantitative estimate of drug-likeness (QED) is 0.845. The van der Waals surface area contributed by atoms with Crippen molar-refractivity contribution in [1.29, 1.82) is 0 Å². The maximum Gasteiger partial charge on any atom is 0.244 e. The van der Waals surface area contributed by atoms with Crippen molar-refractivity contribution in [2.24, 2.45) is 0 Å².